The van der Waals surface area contributed by atoms with Gasteiger partial charge < -0.3 is 10.2 Å². The molecule has 9 heteroatoms. The van der Waals surface area contributed by atoms with Gasteiger partial charge in [-0.15, -0.1) is 21.5 Å². The quantitative estimate of drug-likeness (QED) is 0.645. The molecule has 1 aliphatic rings. The van der Waals surface area contributed by atoms with Gasteiger partial charge in [-0.3, -0.25) is 9.48 Å². The van der Waals surface area contributed by atoms with E-state index in [9.17, 15) is 4.79 Å². The minimum Gasteiger partial charge on any atom is -0.353 e. The van der Waals surface area contributed by atoms with Gasteiger partial charge in [0.25, 0.3) is 5.91 Å². The Balaban J connectivity index is 1.36. The molecule has 1 fully saturated rings. The van der Waals surface area contributed by atoms with Crippen molar-refractivity contribution in [1.82, 2.24) is 25.3 Å². The molecule has 1 atom stereocenters. The lowest BCUT2D eigenvalue weighted by molar-refractivity contribution is 0.0941. The molecule has 1 amide bonds. The van der Waals surface area contributed by atoms with Gasteiger partial charge in [-0.25, -0.2) is 0 Å². The zero-order valence-electron chi connectivity index (χ0n) is 16.4. The molecule has 1 N–H and O–H groups in total. The number of anilines is 1. The highest BCUT2D eigenvalue weighted by Gasteiger charge is 2.25. The molecule has 7 nitrogen and oxygen atoms in total. The van der Waals surface area contributed by atoms with E-state index in [4.69, 9.17) is 11.6 Å². The van der Waals surface area contributed by atoms with Crippen molar-refractivity contribution in [1.29, 1.82) is 0 Å². The molecule has 0 aliphatic carbocycles. The summed E-state index contributed by atoms with van der Waals surface area (Å²) in [6.07, 6.45) is 4.77. The van der Waals surface area contributed by atoms with Gasteiger partial charge in [0, 0.05) is 47.7 Å². The molecule has 29 heavy (non-hydrogen) atoms. The van der Waals surface area contributed by atoms with Crippen LogP contribution in [0, 0.1) is 5.92 Å². The molecule has 1 unspecified atom stereocenters. The number of hydrogen-bond donors (Lipinski definition) is 1. The Kier molecular flexibility index (Phi) is 5.82. The first-order valence-electron chi connectivity index (χ1n) is 9.64. The normalized spacial score (nSPS) is 16.6. The van der Waals surface area contributed by atoms with Gasteiger partial charge in [0.1, 0.15) is 0 Å². The highest BCUT2D eigenvalue weighted by molar-refractivity contribution is 7.13. The first-order chi connectivity index (χ1) is 14.0. The number of aromatic nitrogens is 4. The van der Waals surface area contributed by atoms with Gasteiger partial charge in [0.05, 0.1) is 11.8 Å². The van der Waals surface area contributed by atoms with Crippen LogP contribution in [0.3, 0.4) is 0 Å². The lowest BCUT2D eigenvalue weighted by Gasteiger charge is -2.17. The van der Waals surface area contributed by atoms with E-state index in [0.717, 1.165) is 35.8 Å². The molecule has 152 valence electrons. The fourth-order valence-corrected chi connectivity index (χ4v) is 4.37. The highest BCUT2D eigenvalue weighted by Crippen LogP contribution is 2.27. The smallest absolute Gasteiger partial charge is 0.252 e. The summed E-state index contributed by atoms with van der Waals surface area (Å²) in [5.41, 5.74) is 1.73. The molecule has 4 heterocycles. The van der Waals surface area contributed by atoms with Crippen molar-refractivity contribution < 1.29 is 4.79 Å². The lowest BCUT2D eigenvalue weighted by Crippen LogP contribution is -2.37. The molecule has 0 bridgehead atoms. The Labute approximate surface area is 178 Å². The number of thiophene rings is 1. The number of halogens is 1. The van der Waals surface area contributed by atoms with Crippen LogP contribution >= 0.6 is 22.9 Å². The molecular weight excluding hydrogens is 408 g/mol. The Morgan fingerprint density at radius 3 is 3.00 bits per heavy atom. The van der Waals surface area contributed by atoms with Crippen molar-refractivity contribution >= 4 is 34.7 Å². The summed E-state index contributed by atoms with van der Waals surface area (Å²) in [7, 11) is 0. The van der Waals surface area contributed by atoms with Crippen LogP contribution in [0.2, 0.25) is 5.15 Å². The third kappa shape index (κ3) is 4.76. The average molecular weight is 431 g/mol. The van der Waals surface area contributed by atoms with E-state index in [0.29, 0.717) is 23.2 Å². The van der Waals surface area contributed by atoms with E-state index in [1.54, 1.807) is 17.4 Å². The van der Waals surface area contributed by atoms with Crippen LogP contribution in [-0.2, 0) is 6.54 Å². The maximum Gasteiger partial charge on any atom is 0.252 e. The Morgan fingerprint density at radius 2 is 2.24 bits per heavy atom. The molecule has 0 aromatic carbocycles. The maximum atomic E-state index is 12.7. The fraction of sp³-hybridized carbons (Fsp3) is 0.400. The van der Waals surface area contributed by atoms with Crippen LogP contribution < -0.4 is 10.2 Å². The third-order valence-electron chi connectivity index (χ3n) is 4.80. The van der Waals surface area contributed by atoms with Gasteiger partial charge >= 0.3 is 0 Å². The average Bonchev–Trinajstić information content (AvgIpc) is 3.42. The molecule has 0 radical (unpaired) electrons. The fourth-order valence-electron chi connectivity index (χ4n) is 3.40. The van der Waals surface area contributed by atoms with Crippen molar-refractivity contribution in [2.45, 2.75) is 32.9 Å². The summed E-state index contributed by atoms with van der Waals surface area (Å²) in [5, 5.41) is 17.8. The van der Waals surface area contributed by atoms with Gasteiger partial charge in [0.2, 0.25) is 0 Å². The zero-order valence-corrected chi connectivity index (χ0v) is 18.0. The summed E-state index contributed by atoms with van der Waals surface area (Å²) >= 11 is 7.36. The summed E-state index contributed by atoms with van der Waals surface area (Å²) in [6.45, 7) is 6.75. The molecule has 1 saturated heterocycles. The van der Waals surface area contributed by atoms with Crippen molar-refractivity contribution in [2.24, 2.45) is 5.92 Å². The monoisotopic (exact) mass is 430 g/mol. The zero-order chi connectivity index (χ0) is 20.4. The molecular formula is C20H23ClN6OS. The summed E-state index contributed by atoms with van der Waals surface area (Å²) in [4.78, 5) is 15.9. The number of nitrogens with one attached hydrogen (secondary N) is 1. The number of carbonyl (C=O) groups excluding carboxylic acids is 1. The number of amides is 1. The van der Waals surface area contributed by atoms with E-state index in [1.807, 2.05) is 34.6 Å². The predicted molar refractivity (Wildman–Crippen MR) is 116 cm³/mol. The summed E-state index contributed by atoms with van der Waals surface area (Å²) < 4.78 is 1.95. The standard InChI is InChI=1S/C20H23ClN6OS/c1-13(2)9-27-10-15(8-22-27)17-7-14(12-29-17)20(28)23-16-5-6-26(11-16)19-4-3-18(21)24-25-19/h3-4,7-8,10,12-13,16H,5-6,9,11H2,1-2H3,(H,23,28). The molecule has 0 spiro atoms. The maximum absolute atomic E-state index is 12.7. The first-order valence-corrected chi connectivity index (χ1v) is 10.9. The predicted octanol–water partition coefficient (Wildman–Crippen LogP) is 3.72. The molecule has 1 aliphatic heterocycles. The van der Waals surface area contributed by atoms with Crippen LogP contribution in [0.4, 0.5) is 5.82 Å². The summed E-state index contributed by atoms with van der Waals surface area (Å²) in [5.74, 6) is 1.27. The topological polar surface area (TPSA) is 75.9 Å². The lowest BCUT2D eigenvalue weighted by atomic mass is 10.2. The minimum atomic E-state index is -0.0453. The van der Waals surface area contributed by atoms with Crippen LogP contribution in [0.5, 0.6) is 0 Å². The van der Waals surface area contributed by atoms with Crippen LogP contribution in [-0.4, -0.2) is 45.0 Å². The van der Waals surface area contributed by atoms with Crippen LogP contribution in [0.25, 0.3) is 10.4 Å². The van der Waals surface area contributed by atoms with Gasteiger partial charge in [0.15, 0.2) is 11.0 Å². The second kappa shape index (κ2) is 8.51. The van der Waals surface area contributed by atoms with Crippen molar-refractivity contribution in [3.05, 3.63) is 46.7 Å². The molecule has 3 aromatic heterocycles. The van der Waals surface area contributed by atoms with E-state index in [1.165, 1.54) is 0 Å². The van der Waals surface area contributed by atoms with Gasteiger partial charge in [-0.1, -0.05) is 25.4 Å². The van der Waals surface area contributed by atoms with E-state index in [2.05, 4.69) is 39.4 Å². The Bertz CT molecular complexity index is 983. The van der Waals surface area contributed by atoms with Gasteiger partial charge in [-0.05, 0) is 30.5 Å². The van der Waals surface area contributed by atoms with Gasteiger partial charge in [-0.2, -0.15) is 5.10 Å². The van der Waals surface area contributed by atoms with Crippen molar-refractivity contribution in [3.63, 3.8) is 0 Å². The second-order valence-corrected chi connectivity index (χ2v) is 8.96. The summed E-state index contributed by atoms with van der Waals surface area (Å²) in [6, 6.07) is 5.60. The molecule has 4 rings (SSSR count). The Hall–Kier alpha value is -2.45. The highest BCUT2D eigenvalue weighted by atomic mass is 35.5. The molecule has 3 aromatic rings. The number of hydrogen-bond acceptors (Lipinski definition) is 6. The van der Waals surface area contributed by atoms with Crippen molar-refractivity contribution in [2.75, 3.05) is 18.0 Å². The minimum absolute atomic E-state index is 0.0453. The Morgan fingerprint density at radius 1 is 1.38 bits per heavy atom. The van der Waals surface area contributed by atoms with E-state index in [-0.39, 0.29) is 11.9 Å². The number of nitrogens with zero attached hydrogens (tertiary/aromatic N) is 5. The van der Waals surface area contributed by atoms with E-state index >= 15 is 0 Å². The van der Waals surface area contributed by atoms with Crippen LogP contribution in [0.1, 0.15) is 30.6 Å². The number of rotatable bonds is 6. The molecule has 0 saturated carbocycles. The largest absolute Gasteiger partial charge is 0.353 e. The number of carbonyl (C=O) groups is 1. The second-order valence-electron chi connectivity index (χ2n) is 7.66. The third-order valence-corrected chi connectivity index (χ3v) is 5.98. The first kappa shape index (κ1) is 19.8. The SMILES string of the molecule is CC(C)Cn1cc(-c2cc(C(=O)NC3CCN(c4ccc(Cl)nn4)C3)cs2)cn1. The van der Waals surface area contributed by atoms with Crippen molar-refractivity contribution in [3.8, 4) is 10.4 Å². The van der Waals surface area contributed by atoms with E-state index < -0.39 is 0 Å². The van der Waals surface area contributed by atoms with Crippen LogP contribution in [0.15, 0.2) is 36.0 Å².